The van der Waals surface area contributed by atoms with Crippen molar-refractivity contribution in [1.82, 2.24) is 4.98 Å². The molecule has 0 aliphatic carbocycles. The average molecular weight is 299 g/mol. The molecule has 5 nitrogen and oxygen atoms in total. The molecule has 1 amide bonds. The van der Waals surface area contributed by atoms with Crippen molar-refractivity contribution < 1.29 is 14.3 Å². The van der Waals surface area contributed by atoms with E-state index in [9.17, 15) is 4.79 Å². The van der Waals surface area contributed by atoms with E-state index in [-0.39, 0.29) is 5.91 Å². The molecule has 100 valence electrons. The summed E-state index contributed by atoms with van der Waals surface area (Å²) < 4.78 is 12.0. The molecule has 19 heavy (non-hydrogen) atoms. The SMILES string of the molecule is O=C(Nc1ccc2nc(Cl)sc2c1)C1COCCO1. The number of hydrogen-bond donors (Lipinski definition) is 1. The van der Waals surface area contributed by atoms with E-state index in [4.69, 9.17) is 21.1 Å². The van der Waals surface area contributed by atoms with E-state index in [2.05, 4.69) is 10.3 Å². The number of benzene rings is 1. The van der Waals surface area contributed by atoms with Gasteiger partial charge in [-0.3, -0.25) is 4.79 Å². The number of nitrogens with one attached hydrogen (secondary N) is 1. The fourth-order valence-electron chi connectivity index (χ4n) is 1.84. The van der Waals surface area contributed by atoms with Crippen LogP contribution in [0.4, 0.5) is 5.69 Å². The number of aromatic nitrogens is 1. The van der Waals surface area contributed by atoms with Crippen LogP contribution in [0.5, 0.6) is 0 Å². The maximum Gasteiger partial charge on any atom is 0.255 e. The first kappa shape index (κ1) is 12.8. The van der Waals surface area contributed by atoms with E-state index in [1.165, 1.54) is 11.3 Å². The minimum absolute atomic E-state index is 0.199. The number of amides is 1. The molecule has 1 aliphatic rings. The summed E-state index contributed by atoms with van der Waals surface area (Å²) in [6.07, 6.45) is -0.547. The molecular weight excluding hydrogens is 288 g/mol. The third-order valence-electron chi connectivity index (χ3n) is 2.74. The van der Waals surface area contributed by atoms with Gasteiger partial charge in [-0.2, -0.15) is 0 Å². The molecule has 1 saturated heterocycles. The number of carbonyl (C=O) groups excluding carboxylic acids is 1. The molecule has 0 spiro atoms. The summed E-state index contributed by atoms with van der Waals surface area (Å²) in [5, 5.41) is 2.80. The third-order valence-corrected chi connectivity index (χ3v) is 3.86. The van der Waals surface area contributed by atoms with Gasteiger partial charge in [0, 0.05) is 5.69 Å². The fraction of sp³-hybridized carbons (Fsp3) is 0.333. The van der Waals surface area contributed by atoms with Crippen molar-refractivity contribution in [2.24, 2.45) is 0 Å². The van der Waals surface area contributed by atoms with E-state index in [1.807, 2.05) is 12.1 Å². The summed E-state index contributed by atoms with van der Waals surface area (Å²) in [7, 11) is 0. The molecule has 1 atom stereocenters. The molecule has 1 aromatic carbocycles. The summed E-state index contributed by atoms with van der Waals surface area (Å²) in [6.45, 7) is 1.27. The molecule has 1 aromatic heterocycles. The van der Waals surface area contributed by atoms with Gasteiger partial charge < -0.3 is 14.8 Å². The molecule has 1 unspecified atom stereocenters. The van der Waals surface area contributed by atoms with Crippen LogP contribution in [0.3, 0.4) is 0 Å². The average Bonchev–Trinajstić information content (AvgIpc) is 2.79. The van der Waals surface area contributed by atoms with E-state index < -0.39 is 6.10 Å². The number of nitrogens with zero attached hydrogens (tertiary/aromatic N) is 1. The van der Waals surface area contributed by atoms with Gasteiger partial charge in [0.25, 0.3) is 5.91 Å². The van der Waals surface area contributed by atoms with Gasteiger partial charge in [-0.05, 0) is 18.2 Å². The van der Waals surface area contributed by atoms with Crippen LogP contribution in [0, 0.1) is 0 Å². The number of rotatable bonds is 2. The zero-order valence-corrected chi connectivity index (χ0v) is 11.5. The Bertz CT molecular complexity index is 610. The van der Waals surface area contributed by atoms with Gasteiger partial charge >= 0.3 is 0 Å². The van der Waals surface area contributed by atoms with Gasteiger partial charge in [0.2, 0.25) is 0 Å². The van der Waals surface area contributed by atoms with Crippen LogP contribution >= 0.6 is 22.9 Å². The van der Waals surface area contributed by atoms with Crippen molar-refractivity contribution >= 4 is 44.7 Å². The lowest BCUT2D eigenvalue weighted by Crippen LogP contribution is -2.39. The van der Waals surface area contributed by atoms with Gasteiger partial charge in [0.15, 0.2) is 10.6 Å². The van der Waals surface area contributed by atoms with Crippen LogP contribution in [0.15, 0.2) is 18.2 Å². The van der Waals surface area contributed by atoms with Crippen LogP contribution in [0.2, 0.25) is 4.47 Å². The molecule has 2 heterocycles. The minimum atomic E-state index is -0.547. The highest BCUT2D eigenvalue weighted by Crippen LogP contribution is 2.28. The first-order valence-corrected chi connectivity index (χ1v) is 6.98. The molecule has 1 N–H and O–H groups in total. The van der Waals surface area contributed by atoms with Crippen molar-refractivity contribution in [3.8, 4) is 0 Å². The smallest absolute Gasteiger partial charge is 0.255 e. The Morgan fingerprint density at radius 3 is 3.16 bits per heavy atom. The first-order chi connectivity index (χ1) is 9.22. The van der Waals surface area contributed by atoms with Crippen LogP contribution in [0.25, 0.3) is 10.2 Å². The quantitative estimate of drug-likeness (QED) is 0.924. The normalized spacial score (nSPS) is 19.5. The number of anilines is 1. The zero-order valence-electron chi connectivity index (χ0n) is 9.89. The maximum atomic E-state index is 12.0. The van der Waals surface area contributed by atoms with E-state index in [0.717, 1.165) is 10.2 Å². The highest BCUT2D eigenvalue weighted by atomic mass is 35.5. The Kier molecular flexibility index (Phi) is 3.65. The highest BCUT2D eigenvalue weighted by molar-refractivity contribution is 7.22. The zero-order chi connectivity index (χ0) is 13.2. The second kappa shape index (κ2) is 5.42. The van der Waals surface area contributed by atoms with Crippen LogP contribution in [-0.2, 0) is 14.3 Å². The molecule has 7 heteroatoms. The van der Waals surface area contributed by atoms with Gasteiger partial charge in [0.1, 0.15) is 0 Å². The highest BCUT2D eigenvalue weighted by Gasteiger charge is 2.22. The van der Waals surface area contributed by atoms with Crippen LogP contribution in [-0.4, -0.2) is 36.8 Å². The standard InChI is InChI=1S/C12H11ClN2O3S/c13-12-15-8-2-1-7(5-10(8)19-12)14-11(16)9-6-17-3-4-18-9/h1-2,5,9H,3-4,6H2,(H,14,16). The van der Waals surface area contributed by atoms with Gasteiger partial charge in [-0.15, -0.1) is 11.3 Å². The molecule has 3 rings (SSSR count). The van der Waals surface area contributed by atoms with Gasteiger partial charge in [-0.1, -0.05) is 11.6 Å². The molecule has 0 bridgehead atoms. The summed E-state index contributed by atoms with van der Waals surface area (Å²) in [6, 6.07) is 5.46. The van der Waals surface area contributed by atoms with Crippen molar-refractivity contribution in [2.45, 2.75) is 6.10 Å². The van der Waals surface area contributed by atoms with Gasteiger partial charge in [0.05, 0.1) is 30.0 Å². The summed E-state index contributed by atoms with van der Waals surface area (Å²) in [5.74, 6) is -0.199. The Balaban J connectivity index is 1.74. The lowest BCUT2D eigenvalue weighted by molar-refractivity contribution is -0.142. The number of hydrogen-bond acceptors (Lipinski definition) is 5. The van der Waals surface area contributed by atoms with Crippen molar-refractivity contribution in [3.05, 3.63) is 22.7 Å². The Hall–Kier alpha value is -1.21. The predicted molar refractivity (Wildman–Crippen MR) is 73.8 cm³/mol. The molecule has 1 fully saturated rings. The molecule has 0 radical (unpaired) electrons. The second-order valence-electron chi connectivity index (χ2n) is 4.07. The Labute approximate surface area is 118 Å². The molecule has 2 aromatic rings. The topological polar surface area (TPSA) is 60.5 Å². The molecule has 0 saturated carbocycles. The summed E-state index contributed by atoms with van der Waals surface area (Å²) >= 11 is 7.22. The first-order valence-electron chi connectivity index (χ1n) is 5.79. The molecule has 1 aliphatic heterocycles. The minimum Gasteiger partial charge on any atom is -0.376 e. The largest absolute Gasteiger partial charge is 0.376 e. The van der Waals surface area contributed by atoms with Crippen molar-refractivity contribution in [3.63, 3.8) is 0 Å². The number of fused-ring (bicyclic) bond motifs is 1. The van der Waals surface area contributed by atoms with E-state index in [0.29, 0.717) is 30.0 Å². The van der Waals surface area contributed by atoms with E-state index >= 15 is 0 Å². The predicted octanol–water partition coefficient (Wildman–Crippen LogP) is 2.30. The fourth-order valence-corrected chi connectivity index (χ4v) is 2.91. The third kappa shape index (κ3) is 2.87. The van der Waals surface area contributed by atoms with Gasteiger partial charge in [-0.25, -0.2) is 4.98 Å². The monoisotopic (exact) mass is 298 g/mol. The Morgan fingerprint density at radius 1 is 1.47 bits per heavy atom. The Morgan fingerprint density at radius 2 is 2.37 bits per heavy atom. The number of halogens is 1. The molecular formula is C12H11ClN2O3S. The summed E-state index contributed by atoms with van der Waals surface area (Å²) in [4.78, 5) is 16.1. The van der Waals surface area contributed by atoms with Crippen molar-refractivity contribution in [2.75, 3.05) is 25.1 Å². The summed E-state index contributed by atoms with van der Waals surface area (Å²) in [5.41, 5.74) is 1.53. The number of carbonyl (C=O) groups is 1. The maximum absolute atomic E-state index is 12.0. The second-order valence-corrected chi connectivity index (χ2v) is 5.69. The van der Waals surface area contributed by atoms with Crippen LogP contribution in [0.1, 0.15) is 0 Å². The lowest BCUT2D eigenvalue weighted by Gasteiger charge is -2.22. The van der Waals surface area contributed by atoms with E-state index in [1.54, 1.807) is 6.07 Å². The number of ether oxygens (including phenoxy) is 2. The van der Waals surface area contributed by atoms with Crippen LogP contribution < -0.4 is 5.32 Å². The number of thiazole rings is 1. The lowest BCUT2D eigenvalue weighted by atomic mass is 10.2. The van der Waals surface area contributed by atoms with Crippen molar-refractivity contribution in [1.29, 1.82) is 0 Å².